The Kier molecular flexibility index (Phi) is 4.29. The maximum absolute atomic E-state index is 13.5. The summed E-state index contributed by atoms with van der Waals surface area (Å²) in [5, 5.41) is 0. The standard InChI is InChI=1S/C15H14F3NO/c1-9(19)13-7-12(17)3-5-15(13)20-8-10-6-11(16)2-4-14(10)18/h2-7,9H,8,19H2,1H3/t9-/m1/s1. The molecule has 1 atom stereocenters. The lowest BCUT2D eigenvalue weighted by Crippen LogP contribution is -2.09. The van der Waals surface area contributed by atoms with E-state index < -0.39 is 23.5 Å². The van der Waals surface area contributed by atoms with Gasteiger partial charge in [0, 0.05) is 17.2 Å². The van der Waals surface area contributed by atoms with Gasteiger partial charge in [0.25, 0.3) is 0 Å². The summed E-state index contributed by atoms with van der Waals surface area (Å²) in [4.78, 5) is 0. The van der Waals surface area contributed by atoms with E-state index in [4.69, 9.17) is 10.5 Å². The largest absolute Gasteiger partial charge is 0.488 e. The molecule has 0 radical (unpaired) electrons. The molecular weight excluding hydrogens is 267 g/mol. The fraction of sp³-hybridized carbons (Fsp3) is 0.200. The Hall–Kier alpha value is -2.01. The second-order valence-corrected chi connectivity index (χ2v) is 4.50. The summed E-state index contributed by atoms with van der Waals surface area (Å²) in [5.41, 5.74) is 6.29. The molecule has 0 unspecified atom stereocenters. The number of ether oxygens (including phenoxy) is 1. The molecule has 20 heavy (non-hydrogen) atoms. The Morgan fingerprint density at radius 3 is 2.40 bits per heavy atom. The van der Waals surface area contributed by atoms with Crippen molar-refractivity contribution in [1.82, 2.24) is 0 Å². The van der Waals surface area contributed by atoms with E-state index in [2.05, 4.69) is 0 Å². The number of rotatable bonds is 4. The minimum Gasteiger partial charge on any atom is -0.488 e. The van der Waals surface area contributed by atoms with Gasteiger partial charge in [-0.3, -0.25) is 0 Å². The average Bonchev–Trinajstić information content (AvgIpc) is 2.40. The van der Waals surface area contributed by atoms with Gasteiger partial charge in [-0.1, -0.05) is 0 Å². The fourth-order valence-electron chi connectivity index (χ4n) is 1.82. The fourth-order valence-corrected chi connectivity index (χ4v) is 1.82. The van der Waals surface area contributed by atoms with Gasteiger partial charge in [-0.05, 0) is 43.3 Å². The third-order valence-electron chi connectivity index (χ3n) is 2.85. The number of halogens is 3. The zero-order valence-corrected chi connectivity index (χ0v) is 10.9. The highest BCUT2D eigenvalue weighted by molar-refractivity contribution is 5.36. The maximum Gasteiger partial charge on any atom is 0.130 e. The normalized spacial score (nSPS) is 12.2. The van der Waals surface area contributed by atoms with Crippen LogP contribution in [0.25, 0.3) is 0 Å². The van der Waals surface area contributed by atoms with E-state index >= 15 is 0 Å². The Morgan fingerprint density at radius 2 is 1.70 bits per heavy atom. The van der Waals surface area contributed by atoms with Crippen LogP contribution in [-0.2, 0) is 6.61 Å². The summed E-state index contributed by atoms with van der Waals surface area (Å²) in [5.74, 6) is -1.18. The minimum atomic E-state index is -0.559. The van der Waals surface area contributed by atoms with Crippen molar-refractivity contribution in [3.63, 3.8) is 0 Å². The number of benzene rings is 2. The highest BCUT2D eigenvalue weighted by atomic mass is 19.1. The van der Waals surface area contributed by atoms with E-state index in [0.29, 0.717) is 11.3 Å². The Morgan fingerprint density at radius 1 is 1.05 bits per heavy atom. The van der Waals surface area contributed by atoms with Crippen molar-refractivity contribution in [2.24, 2.45) is 5.73 Å². The van der Waals surface area contributed by atoms with Gasteiger partial charge < -0.3 is 10.5 Å². The second-order valence-electron chi connectivity index (χ2n) is 4.50. The summed E-state index contributed by atoms with van der Waals surface area (Å²) in [6.45, 7) is 1.53. The molecule has 0 amide bonds. The molecule has 0 aliphatic carbocycles. The van der Waals surface area contributed by atoms with Crippen molar-refractivity contribution >= 4 is 0 Å². The van der Waals surface area contributed by atoms with E-state index in [1.54, 1.807) is 6.92 Å². The predicted octanol–water partition coefficient (Wildman–Crippen LogP) is 3.70. The van der Waals surface area contributed by atoms with Gasteiger partial charge in [-0.2, -0.15) is 0 Å². The van der Waals surface area contributed by atoms with Crippen molar-refractivity contribution in [1.29, 1.82) is 0 Å². The van der Waals surface area contributed by atoms with Gasteiger partial charge in [0.1, 0.15) is 29.8 Å². The summed E-state index contributed by atoms with van der Waals surface area (Å²) in [7, 11) is 0. The van der Waals surface area contributed by atoms with E-state index in [1.807, 2.05) is 0 Å². The highest BCUT2D eigenvalue weighted by Gasteiger charge is 2.11. The second kappa shape index (κ2) is 5.96. The van der Waals surface area contributed by atoms with Crippen LogP contribution in [0.2, 0.25) is 0 Å². The molecule has 2 nitrogen and oxygen atoms in total. The smallest absolute Gasteiger partial charge is 0.130 e. The first-order chi connectivity index (χ1) is 9.47. The van der Waals surface area contributed by atoms with Gasteiger partial charge in [-0.25, -0.2) is 13.2 Å². The van der Waals surface area contributed by atoms with Crippen LogP contribution in [0, 0.1) is 17.5 Å². The van der Waals surface area contributed by atoms with Crippen LogP contribution in [-0.4, -0.2) is 0 Å². The Bertz CT molecular complexity index is 614. The van der Waals surface area contributed by atoms with Crippen LogP contribution in [0.5, 0.6) is 5.75 Å². The number of nitrogens with two attached hydrogens (primary N) is 1. The van der Waals surface area contributed by atoms with Crippen molar-refractivity contribution in [2.45, 2.75) is 19.6 Å². The summed E-state index contributed by atoms with van der Waals surface area (Å²) < 4.78 is 45.1. The average molecular weight is 281 g/mol. The molecule has 0 saturated carbocycles. The first-order valence-corrected chi connectivity index (χ1v) is 6.09. The molecule has 5 heteroatoms. The zero-order valence-electron chi connectivity index (χ0n) is 10.9. The molecular formula is C15H14F3NO. The third kappa shape index (κ3) is 3.30. The predicted molar refractivity (Wildman–Crippen MR) is 69.7 cm³/mol. The van der Waals surface area contributed by atoms with E-state index in [-0.39, 0.29) is 12.2 Å². The zero-order chi connectivity index (χ0) is 14.7. The van der Waals surface area contributed by atoms with E-state index in [9.17, 15) is 13.2 Å². The summed E-state index contributed by atoms with van der Waals surface area (Å²) in [6, 6.07) is 6.61. The maximum atomic E-state index is 13.5. The molecule has 0 aliphatic rings. The van der Waals surface area contributed by atoms with E-state index in [1.165, 1.54) is 18.2 Å². The molecule has 2 aromatic carbocycles. The molecule has 106 valence electrons. The van der Waals surface area contributed by atoms with Crippen molar-refractivity contribution in [3.8, 4) is 5.75 Å². The first kappa shape index (κ1) is 14.4. The molecule has 0 aliphatic heterocycles. The molecule has 0 fully saturated rings. The van der Waals surface area contributed by atoms with E-state index in [0.717, 1.165) is 18.2 Å². The Balaban J connectivity index is 2.20. The Labute approximate surface area is 115 Å². The number of hydrogen-bond acceptors (Lipinski definition) is 2. The van der Waals surface area contributed by atoms with Crippen molar-refractivity contribution in [2.75, 3.05) is 0 Å². The molecule has 2 rings (SSSR count). The summed E-state index contributed by atoms with van der Waals surface area (Å²) in [6.07, 6.45) is 0. The van der Waals surface area contributed by atoms with Gasteiger partial charge in [0.05, 0.1) is 0 Å². The molecule has 2 N–H and O–H groups in total. The van der Waals surface area contributed by atoms with Gasteiger partial charge in [0.2, 0.25) is 0 Å². The van der Waals surface area contributed by atoms with Crippen molar-refractivity contribution in [3.05, 3.63) is 65.0 Å². The molecule has 2 aromatic rings. The lowest BCUT2D eigenvalue weighted by molar-refractivity contribution is 0.294. The van der Waals surface area contributed by atoms with Crippen molar-refractivity contribution < 1.29 is 17.9 Å². The van der Waals surface area contributed by atoms with Crippen LogP contribution in [0.1, 0.15) is 24.1 Å². The molecule has 0 heterocycles. The third-order valence-corrected chi connectivity index (χ3v) is 2.85. The van der Waals surface area contributed by atoms with Crippen LogP contribution in [0.4, 0.5) is 13.2 Å². The molecule has 0 bridgehead atoms. The monoisotopic (exact) mass is 281 g/mol. The van der Waals surface area contributed by atoms with Crippen LogP contribution in [0.15, 0.2) is 36.4 Å². The van der Waals surface area contributed by atoms with Crippen LogP contribution >= 0.6 is 0 Å². The molecule has 0 saturated heterocycles. The number of hydrogen-bond donors (Lipinski definition) is 1. The lowest BCUT2D eigenvalue weighted by atomic mass is 10.1. The minimum absolute atomic E-state index is 0.0879. The lowest BCUT2D eigenvalue weighted by Gasteiger charge is -2.14. The molecule has 0 spiro atoms. The topological polar surface area (TPSA) is 35.2 Å². The molecule has 0 aromatic heterocycles. The van der Waals surface area contributed by atoms with Gasteiger partial charge in [0.15, 0.2) is 0 Å². The van der Waals surface area contributed by atoms with Crippen LogP contribution < -0.4 is 10.5 Å². The summed E-state index contributed by atoms with van der Waals surface area (Å²) >= 11 is 0. The van der Waals surface area contributed by atoms with Crippen LogP contribution in [0.3, 0.4) is 0 Å². The van der Waals surface area contributed by atoms with Gasteiger partial charge in [-0.15, -0.1) is 0 Å². The quantitative estimate of drug-likeness (QED) is 0.927. The SMILES string of the molecule is C[C@@H](N)c1cc(F)ccc1OCc1cc(F)ccc1F. The van der Waals surface area contributed by atoms with Gasteiger partial charge >= 0.3 is 0 Å². The first-order valence-electron chi connectivity index (χ1n) is 6.09. The highest BCUT2D eigenvalue weighted by Crippen LogP contribution is 2.26.